The molecule has 1 saturated carbocycles. The molecule has 0 bridgehead atoms. The summed E-state index contributed by atoms with van der Waals surface area (Å²) in [5.74, 6) is 0.617. The van der Waals surface area contributed by atoms with Crippen LogP contribution in [0.15, 0.2) is 0 Å². The van der Waals surface area contributed by atoms with Crippen molar-refractivity contribution in [1.29, 1.82) is 0 Å². The zero-order valence-corrected chi connectivity index (χ0v) is 9.55. The van der Waals surface area contributed by atoms with Crippen molar-refractivity contribution in [2.75, 3.05) is 20.6 Å². The van der Waals surface area contributed by atoms with E-state index in [0.29, 0.717) is 11.9 Å². The number of nitrogens with one attached hydrogen (secondary N) is 1. The zero-order valence-electron chi connectivity index (χ0n) is 9.55. The van der Waals surface area contributed by atoms with Crippen LogP contribution in [0.3, 0.4) is 0 Å². The second kappa shape index (κ2) is 5.35. The minimum Gasteiger partial charge on any atom is -0.346 e. The van der Waals surface area contributed by atoms with Gasteiger partial charge in [-0.05, 0) is 39.7 Å². The molecular weight excluding hydrogens is 176 g/mol. The summed E-state index contributed by atoms with van der Waals surface area (Å²) in [6.07, 6.45) is 4.39. The quantitative estimate of drug-likeness (QED) is 0.740. The van der Waals surface area contributed by atoms with Crippen molar-refractivity contribution in [3.05, 3.63) is 0 Å². The average molecular weight is 198 g/mol. The van der Waals surface area contributed by atoms with Gasteiger partial charge in [0.1, 0.15) is 0 Å². The predicted octanol–water partition coefficient (Wildman–Crippen LogP) is 1.24. The van der Waals surface area contributed by atoms with Gasteiger partial charge in [-0.3, -0.25) is 4.79 Å². The van der Waals surface area contributed by atoms with Crippen molar-refractivity contribution in [2.45, 2.75) is 38.6 Å². The van der Waals surface area contributed by atoms with Gasteiger partial charge in [0, 0.05) is 25.6 Å². The maximum atomic E-state index is 11.8. The van der Waals surface area contributed by atoms with Crippen molar-refractivity contribution in [3.63, 3.8) is 0 Å². The molecule has 0 saturated heterocycles. The highest BCUT2D eigenvalue weighted by Crippen LogP contribution is 2.25. The second-order valence-corrected chi connectivity index (χ2v) is 4.19. The maximum Gasteiger partial charge on any atom is 0.225 e. The van der Waals surface area contributed by atoms with Gasteiger partial charge < -0.3 is 10.2 Å². The lowest BCUT2D eigenvalue weighted by Crippen LogP contribution is -2.38. The van der Waals surface area contributed by atoms with Crippen molar-refractivity contribution in [3.8, 4) is 0 Å². The van der Waals surface area contributed by atoms with Crippen molar-refractivity contribution < 1.29 is 4.79 Å². The third-order valence-electron chi connectivity index (χ3n) is 3.34. The monoisotopic (exact) mass is 198 g/mol. The lowest BCUT2D eigenvalue weighted by Gasteiger charge is -2.29. The summed E-state index contributed by atoms with van der Waals surface area (Å²) >= 11 is 0. The topological polar surface area (TPSA) is 32.3 Å². The fourth-order valence-corrected chi connectivity index (χ4v) is 2.10. The molecule has 1 amide bonds. The van der Waals surface area contributed by atoms with E-state index < -0.39 is 0 Å². The number of hydrogen-bond acceptors (Lipinski definition) is 2. The highest BCUT2D eigenvalue weighted by Gasteiger charge is 2.26. The summed E-state index contributed by atoms with van der Waals surface area (Å²) in [7, 11) is 3.90. The van der Waals surface area contributed by atoms with Crippen LogP contribution < -0.4 is 5.32 Å². The van der Waals surface area contributed by atoms with Gasteiger partial charge in [0.15, 0.2) is 0 Å². The number of hydrogen-bond donors (Lipinski definition) is 1. The molecule has 82 valence electrons. The molecule has 1 rings (SSSR count). The van der Waals surface area contributed by atoms with Crippen molar-refractivity contribution >= 4 is 5.91 Å². The van der Waals surface area contributed by atoms with Gasteiger partial charge in [0.2, 0.25) is 5.91 Å². The molecule has 14 heavy (non-hydrogen) atoms. The lowest BCUT2D eigenvalue weighted by atomic mass is 9.85. The Balaban J connectivity index is 2.37. The van der Waals surface area contributed by atoms with Crippen LogP contribution >= 0.6 is 0 Å². The van der Waals surface area contributed by atoms with E-state index in [4.69, 9.17) is 0 Å². The summed E-state index contributed by atoms with van der Waals surface area (Å²) in [4.78, 5) is 13.7. The standard InChI is InChI=1S/C11H22N2O/c1-4-13(3)11(14)9-5-7-10(12-2)8-6-9/h9-10,12H,4-8H2,1-3H3. The molecule has 0 spiro atoms. The van der Waals surface area contributed by atoms with Crippen LogP contribution in [0.2, 0.25) is 0 Å². The largest absolute Gasteiger partial charge is 0.346 e. The first-order valence-corrected chi connectivity index (χ1v) is 5.61. The molecule has 0 atom stereocenters. The SMILES string of the molecule is CCN(C)C(=O)C1CCC(NC)CC1. The first kappa shape index (κ1) is 11.5. The third kappa shape index (κ3) is 2.71. The minimum absolute atomic E-state index is 0.282. The van der Waals surface area contributed by atoms with Gasteiger partial charge in [-0.2, -0.15) is 0 Å². The molecule has 1 fully saturated rings. The van der Waals surface area contributed by atoms with Crippen LogP contribution in [0.25, 0.3) is 0 Å². The Morgan fingerprint density at radius 2 is 1.93 bits per heavy atom. The van der Waals surface area contributed by atoms with Gasteiger partial charge in [0.25, 0.3) is 0 Å². The Morgan fingerprint density at radius 3 is 2.36 bits per heavy atom. The van der Waals surface area contributed by atoms with E-state index in [0.717, 1.165) is 32.2 Å². The second-order valence-electron chi connectivity index (χ2n) is 4.19. The van der Waals surface area contributed by atoms with Crippen LogP contribution in [-0.4, -0.2) is 37.5 Å². The number of nitrogens with zero attached hydrogens (tertiary/aromatic N) is 1. The van der Waals surface area contributed by atoms with Crippen LogP contribution in [0, 0.1) is 5.92 Å². The number of amides is 1. The molecule has 0 heterocycles. The molecule has 1 aliphatic carbocycles. The Kier molecular flexibility index (Phi) is 4.39. The fourth-order valence-electron chi connectivity index (χ4n) is 2.10. The fraction of sp³-hybridized carbons (Fsp3) is 0.909. The van der Waals surface area contributed by atoms with E-state index in [1.807, 2.05) is 25.9 Å². The predicted molar refractivity (Wildman–Crippen MR) is 58.1 cm³/mol. The Labute approximate surface area is 86.9 Å². The van der Waals surface area contributed by atoms with Crippen LogP contribution in [0.1, 0.15) is 32.6 Å². The molecule has 0 radical (unpaired) electrons. The van der Waals surface area contributed by atoms with Gasteiger partial charge in [-0.15, -0.1) is 0 Å². The van der Waals surface area contributed by atoms with Crippen molar-refractivity contribution in [2.24, 2.45) is 5.92 Å². The summed E-state index contributed by atoms with van der Waals surface area (Å²) in [6.45, 7) is 2.85. The Bertz CT molecular complexity index is 186. The van der Waals surface area contributed by atoms with Gasteiger partial charge in [0.05, 0.1) is 0 Å². The molecular formula is C11H22N2O. The first-order valence-electron chi connectivity index (χ1n) is 5.61. The van der Waals surface area contributed by atoms with Gasteiger partial charge in [-0.1, -0.05) is 0 Å². The molecule has 0 aromatic carbocycles. The van der Waals surface area contributed by atoms with E-state index >= 15 is 0 Å². The highest BCUT2D eigenvalue weighted by atomic mass is 16.2. The number of carbonyl (C=O) groups is 1. The molecule has 0 aromatic rings. The molecule has 1 aliphatic rings. The van der Waals surface area contributed by atoms with Gasteiger partial charge in [-0.25, -0.2) is 0 Å². The lowest BCUT2D eigenvalue weighted by molar-refractivity contribution is -0.135. The Hall–Kier alpha value is -0.570. The summed E-state index contributed by atoms with van der Waals surface area (Å²) < 4.78 is 0. The normalized spacial score (nSPS) is 27.4. The molecule has 0 aliphatic heterocycles. The minimum atomic E-state index is 0.282. The van der Waals surface area contributed by atoms with Crippen LogP contribution in [0.5, 0.6) is 0 Å². The third-order valence-corrected chi connectivity index (χ3v) is 3.34. The maximum absolute atomic E-state index is 11.8. The zero-order chi connectivity index (χ0) is 10.6. The summed E-state index contributed by atoms with van der Waals surface area (Å²) in [6, 6.07) is 0.631. The molecule has 0 aromatic heterocycles. The Morgan fingerprint density at radius 1 is 1.36 bits per heavy atom. The van der Waals surface area contributed by atoms with Gasteiger partial charge >= 0.3 is 0 Å². The number of rotatable bonds is 3. The van der Waals surface area contributed by atoms with E-state index in [1.54, 1.807) is 0 Å². The van der Waals surface area contributed by atoms with Crippen LogP contribution in [-0.2, 0) is 4.79 Å². The molecule has 1 N–H and O–H groups in total. The van der Waals surface area contributed by atoms with Crippen molar-refractivity contribution in [1.82, 2.24) is 10.2 Å². The number of carbonyl (C=O) groups excluding carboxylic acids is 1. The van der Waals surface area contributed by atoms with E-state index in [1.165, 1.54) is 0 Å². The molecule has 0 unspecified atom stereocenters. The van der Waals surface area contributed by atoms with E-state index in [9.17, 15) is 4.79 Å². The molecule has 3 nitrogen and oxygen atoms in total. The van der Waals surface area contributed by atoms with E-state index in [2.05, 4.69) is 5.32 Å². The van der Waals surface area contributed by atoms with E-state index in [-0.39, 0.29) is 5.92 Å². The summed E-state index contributed by atoms with van der Waals surface area (Å²) in [5, 5.41) is 3.28. The smallest absolute Gasteiger partial charge is 0.225 e. The highest BCUT2D eigenvalue weighted by molar-refractivity contribution is 5.78. The average Bonchev–Trinajstić information content (AvgIpc) is 2.27. The first-order chi connectivity index (χ1) is 6.69. The van der Waals surface area contributed by atoms with Crippen LogP contribution in [0.4, 0.5) is 0 Å². The molecule has 3 heteroatoms. The summed E-state index contributed by atoms with van der Waals surface area (Å²) in [5.41, 5.74) is 0.